The molecule has 4 nitrogen and oxygen atoms in total. The molecule has 4 heteroatoms. The van der Waals surface area contributed by atoms with E-state index in [2.05, 4.69) is 29.2 Å². The summed E-state index contributed by atoms with van der Waals surface area (Å²) in [7, 11) is 0. The minimum Gasteiger partial charge on any atom is -0.308 e. The molecule has 3 N–H and O–H groups in total. The van der Waals surface area contributed by atoms with Crippen LogP contribution in [0, 0.1) is 6.92 Å². The molecule has 0 amide bonds. The highest BCUT2D eigenvalue weighted by molar-refractivity contribution is 5.47. The lowest BCUT2D eigenvalue weighted by atomic mass is 9.84. The fraction of sp³-hybridized carbons (Fsp3) is 0.667. The Morgan fingerprint density at radius 2 is 2.00 bits per heavy atom. The molecule has 1 heterocycles. The Kier molecular flexibility index (Phi) is 3.10. The lowest BCUT2D eigenvalue weighted by Gasteiger charge is -2.25. The van der Waals surface area contributed by atoms with Gasteiger partial charge in [0.25, 0.3) is 0 Å². The predicted molar refractivity (Wildman–Crippen MR) is 65.3 cm³/mol. The Bertz CT molecular complexity index is 383. The summed E-state index contributed by atoms with van der Waals surface area (Å²) in [5, 5.41) is 0. The Balaban J connectivity index is 2.41. The van der Waals surface area contributed by atoms with Crippen LogP contribution in [0.25, 0.3) is 0 Å². The molecular weight excluding hydrogens is 200 g/mol. The molecule has 0 aliphatic heterocycles. The van der Waals surface area contributed by atoms with E-state index in [1.807, 2.05) is 6.92 Å². The molecule has 0 radical (unpaired) electrons. The maximum absolute atomic E-state index is 5.55. The summed E-state index contributed by atoms with van der Waals surface area (Å²) in [4.78, 5) is 9.17. The van der Waals surface area contributed by atoms with Crippen LogP contribution in [-0.4, -0.2) is 9.97 Å². The topological polar surface area (TPSA) is 63.8 Å². The van der Waals surface area contributed by atoms with E-state index in [4.69, 9.17) is 5.84 Å². The van der Waals surface area contributed by atoms with Gasteiger partial charge in [-0.25, -0.2) is 15.8 Å². The second-order valence-electron chi connectivity index (χ2n) is 4.86. The molecular formula is C12H20N4. The van der Waals surface area contributed by atoms with Crippen molar-refractivity contribution in [3.8, 4) is 0 Å². The van der Waals surface area contributed by atoms with E-state index in [9.17, 15) is 0 Å². The molecule has 16 heavy (non-hydrogen) atoms. The number of hydrogen-bond acceptors (Lipinski definition) is 4. The lowest BCUT2D eigenvalue weighted by molar-refractivity contribution is 0.400. The van der Waals surface area contributed by atoms with Gasteiger partial charge in [-0.15, -0.1) is 0 Å². The molecule has 2 rings (SSSR count). The number of aryl methyl sites for hydroxylation is 1. The number of nitrogens with two attached hydrogens (primary N) is 1. The molecule has 1 fully saturated rings. The van der Waals surface area contributed by atoms with Crippen LogP contribution in [0.1, 0.15) is 62.0 Å². The van der Waals surface area contributed by atoms with Gasteiger partial charge in [0.05, 0.1) is 0 Å². The lowest BCUT2D eigenvalue weighted by Crippen LogP contribution is -2.19. The van der Waals surface area contributed by atoms with E-state index < -0.39 is 0 Å². The highest BCUT2D eigenvalue weighted by Gasteiger charge is 2.24. The summed E-state index contributed by atoms with van der Waals surface area (Å²) >= 11 is 0. The van der Waals surface area contributed by atoms with Gasteiger partial charge in [-0.3, -0.25) is 0 Å². The number of hydrogen-bond donors (Lipinski definition) is 2. The average Bonchev–Trinajstić information content (AvgIpc) is 2.13. The van der Waals surface area contributed by atoms with Gasteiger partial charge in [-0.05, 0) is 25.7 Å². The molecule has 1 aliphatic carbocycles. The summed E-state index contributed by atoms with van der Waals surface area (Å²) in [5.74, 6) is 8.24. The standard InChI is InChI=1S/C12H20N4/c1-7(2)10-8(3)14-11(9-5-4-6-9)15-12(10)16-13/h7,9H,4-6,13H2,1-3H3,(H,14,15,16). The molecule has 1 saturated carbocycles. The van der Waals surface area contributed by atoms with Crippen LogP contribution in [0.4, 0.5) is 5.82 Å². The molecule has 1 aromatic heterocycles. The number of rotatable bonds is 3. The molecule has 0 bridgehead atoms. The second kappa shape index (κ2) is 4.37. The summed E-state index contributed by atoms with van der Waals surface area (Å²) in [6.07, 6.45) is 3.72. The summed E-state index contributed by atoms with van der Waals surface area (Å²) < 4.78 is 0. The molecule has 0 saturated heterocycles. The van der Waals surface area contributed by atoms with Crippen LogP contribution in [0.15, 0.2) is 0 Å². The summed E-state index contributed by atoms with van der Waals surface area (Å²) in [5.41, 5.74) is 4.90. The third-order valence-electron chi connectivity index (χ3n) is 3.34. The fourth-order valence-electron chi connectivity index (χ4n) is 2.25. The van der Waals surface area contributed by atoms with Crippen molar-refractivity contribution in [3.05, 3.63) is 17.1 Å². The van der Waals surface area contributed by atoms with Gasteiger partial charge < -0.3 is 5.43 Å². The number of nitrogen functional groups attached to an aromatic ring is 1. The highest BCUT2D eigenvalue weighted by atomic mass is 15.3. The van der Waals surface area contributed by atoms with Gasteiger partial charge in [-0.2, -0.15) is 0 Å². The minimum absolute atomic E-state index is 0.390. The van der Waals surface area contributed by atoms with Crippen molar-refractivity contribution in [3.63, 3.8) is 0 Å². The second-order valence-corrected chi connectivity index (χ2v) is 4.86. The molecule has 0 spiro atoms. The van der Waals surface area contributed by atoms with Gasteiger partial charge in [0, 0.05) is 17.2 Å². The van der Waals surface area contributed by atoms with Crippen LogP contribution in [0.2, 0.25) is 0 Å². The molecule has 0 aromatic carbocycles. The van der Waals surface area contributed by atoms with Crippen molar-refractivity contribution in [2.24, 2.45) is 5.84 Å². The Labute approximate surface area is 96.6 Å². The van der Waals surface area contributed by atoms with Crippen molar-refractivity contribution < 1.29 is 0 Å². The van der Waals surface area contributed by atoms with Crippen molar-refractivity contribution in [2.75, 3.05) is 5.43 Å². The number of anilines is 1. The summed E-state index contributed by atoms with van der Waals surface area (Å²) in [6.45, 7) is 6.31. The van der Waals surface area contributed by atoms with Gasteiger partial charge >= 0.3 is 0 Å². The third-order valence-corrected chi connectivity index (χ3v) is 3.34. The Hall–Kier alpha value is -1.16. The number of hydrazine groups is 1. The van der Waals surface area contributed by atoms with Crippen molar-refractivity contribution in [1.29, 1.82) is 0 Å². The van der Waals surface area contributed by atoms with E-state index in [1.165, 1.54) is 19.3 Å². The Morgan fingerprint density at radius 3 is 2.44 bits per heavy atom. The maximum atomic E-state index is 5.55. The first-order chi connectivity index (χ1) is 7.63. The smallest absolute Gasteiger partial charge is 0.147 e. The van der Waals surface area contributed by atoms with Crippen molar-refractivity contribution >= 4 is 5.82 Å². The van der Waals surface area contributed by atoms with Crippen molar-refractivity contribution in [1.82, 2.24) is 9.97 Å². The van der Waals surface area contributed by atoms with Crippen LogP contribution in [0.5, 0.6) is 0 Å². The quantitative estimate of drug-likeness (QED) is 0.606. The highest BCUT2D eigenvalue weighted by Crippen LogP contribution is 2.36. The zero-order valence-electron chi connectivity index (χ0n) is 10.2. The van der Waals surface area contributed by atoms with Crippen LogP contribution >= 0.6 is 0 Å². The molecule has 0 unspecified atom stereocenters. The maximum Gasteiger partial charge on any atom is 0.147 e. The number of nitrogens with zero attached hydrogens (tertiary/aromatic N) is 2. The van der Waals surface area contributed by atoms with Crippen LogP contribution in [-0.2, 0) is 0 Å². The predicted octanol–water partition coefficient (Wildman–Crippen LogP) is 2.46. The molecule has 88 valence electrons. The summed E-state index contributed by atoms with van der Waals surface area (Å²) in [6, 6.07) is 0. The normalized spacial score (nSPS) is 16.3. The van der Waals surface area contributed by atoms with Gasteiger partial charge in [0.1, 0.15) is 11.6 Å². The molecule has 1 aliphatic rings. The zero-order chi connectivity index (χ0) is 11.7. The van der Waals surface area contributed by atoms with E-state index >= 15 is 0 Å². The van der Waals surface area contributed by atoms with Crippen molar-refractivity contribution in [2.45, 2.75) is 51.9 Å². The Morgan fingerprint density at radius 1 is 1.31 bits per heavy atom. The first-order valence-electron chi connectivity index (χ1n) is 5.98. The molecule has 1 aromatic rings. The monoisotopic (exact) mass is 220 g/mol. The van der Waals surface area contributed by atoms with Gasteiger partial charge in [-0.1, -0.05) is 20.3 Å². The van der Waals surface area contributed by atoms with Gasteiger partial charge in [0.15, 0.2) is 0 Å². The van der Waals surface area contributed by atoms with E-state index in [0.717, 1.165) is 22.9 Å². The first-order valence-corrected chi connectivity index (χ1v) is 5.98. The number of nitrogens with one attached hydrogen (secondary N) is 1. The van der Waals surface area contributed by atoms with E-state index in [1.54, 1.807) is 0 Å². The first kappa shape index (κ1) is 11.3. The minimum atomic E-state index is 0.390. The SMILES string of the molecule is Cc1nc(C2CCC2)nc(NN)c1C(C)C. The van der Waals surface area contributed by atoms with Crippen LogP contribution in [0.3, 0.4) is 0 Å². The average molecular weight is 220 g/mol. The molecule has 0 atom stereocenters. The number of aromatic nitrogens is 2. The van der Waals surface area contributed by atoms with E-state index in [0.29, 0.717) is 11.8 Å². The van der Waals surface area contributed by atoms with E-state index in [-0.39, 0.29) is 0 Å². The fourth-order valence-corrected chi connectivity index (χ4v) is 2.25. The largest absolute Gasteiger partial charge is 0.308 e. The third kappa shape index (κ3) is 1.89. The zero-order valence-corrected chi connectivity index (χ0v) is 10.2. The van der Waals surface area contributed by atoms with Gasteiger partial charge in [0.2, 0.25) is 0 Å². The van der Waals surface area contributed by atoms with Crippen LogP contribution < -0.4 is 11.3 Å².